The Balaban J connectivity index is 1.03. The molecule has 0 amide bonds. The van der Waals surface area contributed by atoms with E-state index in [0.717, 1.165) is 74.4 Å². The number of ether oxygens (including phenoxy) is 6. The summed E-state index contributed by atoms with van der Waals surface area (Å²) in [5, 5.41) is 0. The van der Waals surface area contributed by atoms with Gasteiger partial charge in [0.25, 0.3) is 0 Å². The molecule has 0 N–H and O–H groups in total. The van der Waals surface area contributed by atoms with Gasteiger partial charge in [-0.3, -0.25) is 0 Å². The number of rotatable bonds is 0. The van der Waals surface area contributed by atoms with Crippen LogP contribution in [0.4, 0.5) is 0 Å². The molecule has 0 saturated heterocycles. The standard InChI is InChI=1S/C48H56O6/c1-5-13-37-33(9-1)17-21-41-45(37)46-38-14-6-2-10-34(38)18-22-42(46)52-30-26-50-28-32-54-44-24-20-36-12-4-8-16-40(36)48(44)47-39-15-7-3-11-35(39)19-23-43(47)53-31-27-49-25-29-51-41/h17-24H,1-16,25-32H2. The Morgan fingerprint density at radius 3 is 0.759 bits per heavy atom. The Morgan fingerprint density at radius 2 is 0.500 bits per heavy atom. The Bertz CT molecular complexity index is 1680. The predicted molar refractivity (Wildman–Crippen MR) is 214 cm³/mol. The van der Waals surface area contributed by atoms with Gasteiger partial charge in [-0.25, -0.2) is 0 Å². The van der Waals surface area contributed by atoms with Gasteiger partial charge in [0, 0.05) is 22.3 Å². The van der Waals surface area contributed by atoms with Crippen molar-refractivity contribution in [1.29, 1.82) is 0 Å². The maximum Gasteiger partial charge on any atom is 0.127 e. The monoisotopic (exact) mass is 728 g/mol. The second-order valence-electron chi connectivity index (χ2n) is 15.8. The first-order valence-corrected chi connectivity index (χ1v) is 21.1. The molecule has 0 saturated carbocycles. The van der Waals surface area contributed by atoms with E-state index in [0.29, 0.717) is 52.9 Å². The van der Waals surface area contributed by atoms with Crippen molar-refractivity contribution in [3.8, 4) is 45.3 Å². The van der Waals surface area contributed by atoms with Crippen molar-refractivity contribution in [3.63, 3.8) is 0 Å². The van der Waals surface area contributed by atoms with E-state index in [-0.39, 0.29) is 0 Å². The van der Waals surface area contributed by atoms with Crippen LogP contribution in [-0.2, 0) is 60.8 Å². The predicted octanol–water partition coefficient (Wildman–Crippen LogP) is 9.80. The van der Waals surface area contributed by atoms with Crippen LogP contribution in [0.3, 0.4) is 0 Å². The van der Waals surface area contributed by atoms with E-state index in [1.165, 1.54) is 118 Å². The van der Waals surface area contributed by atoms with Crippen LogP contribution in [0, 0.1) is 0 Å². The number of hydrogen-bond acceptors (Lipinski definition) is 6. The van der Waals surface area contributed by atoms with Gasteiger partial charge in [-0.2, -0.15) is 0 Å². The molecule has 1 heterocycles. The van der Waals surface area contributed by atoms with Crippen molar-refractivity contribution >= 4 is 0 Å². The van der Waals surface area contributed by atoms with E-state index in [4.69, 9.17) is 28.4 Å². The quantitative estimate of drug-likeness (QED) is 0.180. The van der Waals surface area contributed by atoms with Gasteiger partial charge >= 0.3 is 0 Å². The molecule has 0 aromatic heterocycles. The molecule has 0 unspecified atom stereocenters. The average Bonchev–Trinajstić information content (AvgIpc) is 3.22. The van der Waals surface area contributed by atoms with Crippen LogP contribution in [0.25, 0.3) is 22.3 Å². The Morgan fingerprint density at radius 1 is 0.259 bits per heavy atom. The maximum atomic E-state index is 6.66. The van der Waals surface area contributed by atoms with Crippen molar-refractivity contribution in [2.75, 3.05) is 52.9 Å². The van der Waals surface area contributed by atoms with Gasteiger partial charge < -0.3 is 28.4 Å². The maximum absolute atomic E-state index is 6.66. The lowest BCUT2D eigenvalue weighted by Gasteiger charge is -2.28. The first kappa shape index (κ1) is 35.7. The lowest BCUT2D eigenvalue weighted by atomic mass is 9.80. The fraction of sp³-hybridized carbons (Fsp3) is 0.500. The summed E-state index contributed by atoms with van der Waals surface area (Å²) >= 11 is 0. The SMILES string of the molecule is c1cc2c(c3c1CCCC3)-c1c(ccc3c1CCCC3)OCCOCCOc1ccc3c(c1-c1c(ccc4c1CCCC4)OCCOCCO2)CCCC3. The summed E-state index contributed by atoms with van der Waals surface area (Å²) in [4.78, 5) is 0. The van der Waals surface area contributed by atoms with Gasteiger partial charge in [0.05, 0.1) is 26.4 Å². The van der Waals surface area contributed by atoms with Crippen LogP contribution >= 0.6 is 0 Å². The molecule has 6 heteroatoms. The van der Waals surface area contributed by atoms with Crippen molar-refractivity contribution < 1.29 is 28.4 Å². The third kappa shape index (κ3) is 7.36. The van der Waals surface area contributed by atoms with E-state index < -0.39 is 0 Å². The van der Waals surface area contributed by atoms with Crippen molar-refractivity contribution in [2.45, 2.75) is 103 Å². The Hall–Kier alpha value is -4.00. The molecule has 0 bridgehead atoms. The van der Waals surface area contributed by atoms with Gasteiger partial charge in [0.1, 0.15) is 49.4 Å². The molecule has 1 aliphatic heterocycles. The van der Waals surface area contributed by atoms with E-state index in [2.05, 4.69) is 48.5 Å². The highest BCUT2D eigenvalue weighted by molar-refractivity contribution is 5.85. The average molecular weight is 729 g/mol. The number of fused-ring (bicyclic) bond motifs is 14. The molecule has 4 aromatic rings. The third-order valence-corrected chi connectivity index (χ3v) is 12.4. The van der Waals surface area contributed by atoms with E-state index >= 15 is 0 Å². The molecule has 0 fully saturated rings. The smallest absolute Gasteiger partial charge is 0.127 e. The van der Waals surface area contributed by atoms with Gasteiger partial charge in [-0.15, -0.1) is 0 Å². The Kier molecular flexibility index (Phi) is 11.1. The van der Waals surface area contributed by atoms with Gasteiger partial charge in [-0.1, -0.05) is 24.3 Å². The van der Waals surface area contributed by atoms with E-state index in [1.807, 2.05) is 0 Å². The first-order valence-electron chi connectivity index (χ1n) is 21.1. The zero-order valence-electron chi connectivity index (χ0n) is 32.0. The van der Waals surface area contributed by atoms with Crippen LogP contribution in [0.2, 0.25) is 0 Å². The molecular formula is C48H56O6. The number of aryl methyl sites for hydroxylation is 4. The normalized spacial score (nSPS) is 19.3. The zero-order chi connectivity index (χ0) is 36.1. The minimum atomic E-state index is 0.478. The van der Waals surface area contributed by atoms with Crippen LogP contribution in [0.5, 0.6) is 23.0 Å². The summed E-state index contributed by atoms with van der Waals surface area (Å²) in [7, 11) is 0. The lowest BCUT2D eigenvalue weighted by Crippen LogP contribution is -2.17. The van der Waals surface area contributed by atoms with Crippen molar-refractivity contribution in [2.24, 2.45) is 0 Å². The summed E-state index contributed by atoms with van der Waals surface area (Å²) < 4.78 is 39.1. The second-order valence-corrected chi connectivity index (χ2v) is 15.8. The number of benzene rings is 4. The lowest BCUT2D eigenvalue weighted by molar-refractivity contribution is 0.0757. The summed E-state index contributed by atoms with van der Waals surface area (Å²) in [5.74, 6) is 3.76. The summed E-state index contributed by atoms with van der Waals surface area (Å²) in [6, 6.07) is 18.0. The van der Waals surface area contributed by atoms with Crippen LogP contribution < -0.4 is 18.9 Å². The topological polar surface area (TPSA) is 55.4 Å². The molecule has 4 aliphatic carbocycles. The highest BCUT2D eigenvalue weighted by Crippen LogP contribution is 2.48. The molecule has 5 aliphatic rings. The van der Waals surface area contributed by atoms with Crippen molar-refractivity contribution in [3.05, 3.63) is 93.0 Å². The minimum absolute atomic E-state index is 0.478. The van der Waals surface area contributed by atoms with E-state index in [1.54, 1.807) is 0 Å². The van der Waals surface area contributed by atoms with Crippen molar-refractivity contribution in [1.82, 2.24) is 0 Å². The molecule has 0 spiro atoms. The summed E-state index contributed by atoms with van der Waals surface area (Å²) in [6.07, 6.45) is 18.5. The van der Waals surface area contributed by atoms with Gasteiger partial charge in [-0.05, 0) is 172 Å². The molecule has 0 radical (unpaired) electrons. The van der Waals surface area contributed by atoms with Gasteiger partial charge in [0.2, 0.25) is 0 Å². The second kappa shape index (κ2) is 16.8. The molecule has 9 rings (SSSR count). The molecule has 284 valence electrons. The zero-order valence-corrected chi connectivity index (χ0v) is 32.0. The van der Waals surface area contributed by atoms with Crippen LogP contribution in [0.1, 0.15) is 95.9 Å². The highest BCUT2D eigenvalue weighted by Gasteiger charge is 2.28. The summed E-state index contributed by atoms with van der Waals surface area (Å²) in [6.45, 7) is 3.89. The fourth-order valence-corrected chi connectivity index (χ4v) is 9.85. The molecular weight excluding hydrogens is 673 g/mol. The van der Waals surface area contributed by atoms with Crippen LogP contribution in [0.15, 0.2) is 48.5 Å². The highest BCUT2D eigenvalue weighted by atomic mass is 16.6. The van der Waals surface area contributed by atoms with E-state index in [9.17, 15) is 0 Å². The molecule has 54 heavy (non-hydrogen) atoms. The summed E-state index contributed by atoms with van der Waals surface area (Å²) in [5.41, 5.74) is 16.5. The molecule has 0 atom stereocenters. The van der Waals surface area contributed by atoms with Gasteiger partial charge in [0.15, 0.2) is 0 Å². The first-order chi connectivity index (χ1) is 26.8. The third-order valence-electron chi connectivity index (χ3n) is 12.4. The number of hydrogen-bond donors (Lipinski definition) is 0. The van der Waals surface area contributed by atoms with Crippen LogP contribution in [-0.4, -0.2) is 52.9 Å². The largest absolute Gasteiger partial charge is 0.491 e. The minimum Gasteiger partial charge on any atom is -0.491 e. The fourth-order valence-electron chi connectivity index (χ4n) is 9.85. The Labute approximate surface area is 321 Å². The molecule has 6 nitrogen and oxygen atoms in total. The molecule has 4 aromatic carbocycles.